The van der Waals surface area contributed by atoms with Crippen molar-refractivity contribution in [3.8, 4) is 0 Å². The summed E-state index contributed by atoms with van der Waals surface area (Å²) in [6.45, 7) is 3.66. The van der Waals surface area contributed by atoms with E-state index in [1.807, 2.05) is 32.0 Å². The third kappa shape index (κ3) is 2.71. The molecule has 0 unspecified atom stereocenters. The molecule has 1 aromatic carbocycles. The lowest BCUT2D eigenvalue weighted by molar-refractivity contribution is 0.0817. The van der Waals surface area contributed by atoms with Gasteiger partial charge in [0, 0.05) is 28.7 Å². The molecule has 1 amide bonds. The number of guanidine groups is 1. The van der Waals surface area contributed by atoms with E-state index in [4.69, 9.17) is 11.1 Å². The van der Waals surface area contributed by atoms with Crippen LogP contribution in [0.25, 0.3) is 10.9 Å². The van der Waals surface area contributed by atoms with E-state index < -0.39 is 0 Å². The molecule has 0 aliphatic rings. The Morgan fingerprint density at radius 2 is 2.05 bits per heavy atom. The molecule has 0 radical (unpaired) electrons. The second kappa shape index (κ2) is 5.75. The quantitative estimate of drug-likeness (QED) is 0.582. The van der Waals surface area contributed by atoms with Crippen molar-refractivity contribution in [1.82, 2.24) is 9.88 Å². The van der Waals surface area contributed by atoms with E-state index in [1.54, 1.807) is 12.3 Å². The molecule has 0 aliphatic heterocycles. The summed E-state index contributed by atoms with van der Waals surface area (Å²) in [6, 6.07) is 7.16. The first-order valence-electron chi connectivity index (χ1n) is 5.76. The Morgan fingerprint density at radius 1 is 1.37 bits per heavy atom. The molecule has 1 heterocycles. The minimum atomic E-state index is -0.247. The summed E-state index contributed by atoms with van der Waals surface area (Å²) < 4.78 is 0. The maximum absolute atomic E-state index is 12.4. The van der Waals surface area contributed by atoms with E-state index in [0.29, 0.717) is 5.56 Å². The maximum atomic E-state index is 12.4. The van der Waals surface area contributed by atoms with E-state index in [-0.39, 0.29) is 30.3 Å². The predicted octanol–water partition coefficient (Wildman–Crippen LogP) is 2.33. The number of carbonyl (C=O) groups excluding carboxylic acids is 1. The minimum absolute atomic E-state index is 0. The Balaban J connectivity index is 0.00000180. The van der Waals surface area contributed by atoms with Gasteiger partial charge in [-0.25, -0.2) is 0 Å². The van der Waals surface area contributed by atoms with Crippen molar-refractivity contribution in [2.75, 3.05) is 0 Å². The van der Waals surface area contributed by atoms with Crippen LogP contribution in [0.5, 0.6) is 0 Å². The molecule has 102 valence electrons. The fraction of sp³-hybridized carbons (Fsp3) is 0.231. The van der Waals surface area contributed by atoms with Gasteiger partial charge in [-0.05, 0) is 32.0 Å². The summed E-state index contributed by atoms with van der Waals surface area (Å²) in [5.41, 5.74) is 6.93. The minimum Gasteiger partial charge on any atom is -0.370 e. The summed E-state index contributed by atoms with van der Waals surface area (Å²) in [5, 5.41) is 8.35. The van der Waals surface area contributed by atoms with Crippen LogP contribution in [0.2, 0.25) is 0 Å². The van der Waals surface area contributed by atoms with Gasteiger partial charge in [-0.3, -0.25) is 15.1 Å². The molecule has 0 atom stereocenters. The number of nitrogens with one attached hydrogen (secondary N) is 2. The zero-order valence-corrected chi connectivity index (χ0v) is 11.6. The maximum Gasteiger partial charge on any atom is 0.261 e. The summed E-state index contributed by atoms with van der Waals surface area (Å²) in [7, 11) is 0. The molecule has 0 saturated heterocycles. The third-order valence-electron chi connectivity index (χ3n) is 2.82. The molecule has 0 saturated carbocycles. The first-order valence-corrected chi connectivity index (χ1v) is 5.76. The summed E-state index contributed by atoms with van der Waals surface area (Å²) in [6.07, 6.45) is 1.79. The van der Waals surface area contributed by atoms with Gasteiger partial charge >= 0.3 is 0 Å². The topological polar surface area (TPSA) is 86.0 Å². The van der Waals surface area contributed by atoms with Crippen LogP contribution in [0.15, 0.2) is 30.5 Å². The van der Waals surface area contributed by atoms with E-state index in [2.05, 4.69) is 4.98 Å². The van der Waals surface area contributed by atoms with Crippen molar-refractivity contribution >= 4 is 35.2 Å². The van der Waals surface area contributed by atoms with Gasteiger partial charge in [-0.2, -0.15) is 0 Å². The van der Waals surface area contributed by atoms with Crippen LogP contribution in [0.1, 0.15) is 24.2 Å². The van der Waals surface area contributed by atoms with E-state index >= 15 is 0 Å². The van der Waals surface area contributed by atoms with Gasteiger partial charge in [0.2, 0.25) is 0 Å². The van der Waals surface area contributed by atoms with Crippen molar-refractivity contribution < 1.29 is 4.79 Å². The largest absolute Gasteiger partial charge is 0.370 e. The van der Waals surface area contributed by atoms with E-state index in [0.717, 1.165) is 10.9 Å². The molecule has 2 aromatic rings. The zero-order valence-electron chi connectivity index (χ0n) is 10.8. The molecule has 6 heteroatoms. The first-order chi connectivity index (χ1) is 8.52. The number of amides is 1. The van der Waals surface area contributed by atoms with Crippen molar-refractivity contribution in [3.63, 3.8) is 0 Å². The Labute approximate surface area is 117 Å². The number of rotatable bonds is 2. The fourth-order valence-electron chi connectivity index (χ4n) is 2.02. The number of halogens is 1. The number of hydrogen-bond acceptors (Lipinski definition) is 2. The van der Waals surface area contributed by atoms with Crippen LogP contribution in [0.3, 0.4) is 0 Å². The number of nitrogens with zero attached hydrogens (tertiary/aromatic N) is 1. The average molecular weight is 281 g/mol. The summed E-state index contributed by atoms with van der Waals surface area (Å²) in [4.78, 5) is 16.8. The van der Waals surface area contributed by atoms with Crippen LogP contribution in [-0.2, 0) is 0 Å². The molecule has 19 heavy (non-hydrogen) atoms. The molecule has 1 aromatic heterocycles. The second-order valence-corrected chi connectivity index (χ2v) is 4.40. The first kappa shape index (κ1) is 15.0. The Kier molecular flexibility index (Phi) is 4.56. The average Bonchev–Trinajstić information content (AvgIpc) is 2.75. The van der Waals surface area contributed by atoms with Crippen LogP contribution < -0.4 is 5.73 Å². The Morgan fingerprint density at radius 3 is 2.63 bits per heavy atom. The molecule has 0 bridgehead atoms. The molecule has 0 spiro atoms. The van der Waals surface area contributed by atoms with Gasteiger partial charge in [-0.15, -0.1) is 12.4 Å². The highest BCUT2D eigenvalue weighted by Crippen LogP contribution is 2.19. The standard InChI is InChI=1S/C13H16N4O.ClH/c1-8(2)17(13(14)15)12(18)10-4-3-5-11-9(10)6-7-16-11;/h3-8,16H,1-2H3,(H3,14,15);1H. The molecule has 0 aliphatic carbocycles. The van der Waals surface area contributed by atoms with Gasteiger partial charge in [-0.1, -0.05) is 6.07 Å². The van der Waals surface area contributed by atoms with Crippen LogP contribution in [0, 0.1) is 5.41 Å². The number of nitrogens with two attached hydrogens (primary N) is 1. The number of H-pyrrole nitrogens is 1. The molecular weight excluding hydrogens is 264 g/mol. The monoisotopic (exact) mass is 280 g/mol. The normalized spacial score (nSPS) is 10.3. The third-order valence-corrected chi connectivity index (χ3v) is 2.82. The summed E-state index contributed by atoms with van der Waals surface area (Å²) in [5.74, 6) is -0.481. The highest BCUT2D eigenvalue weighted by atomic mass is 35.5. The highest BCUT2D eigenvalue weighted by Gasteiger charge is 2.22. The molecule has 4 N–H and O–H groups in total. The number of aromatic nitrogens is 1. The predicted molar refractivity (Wildman–Crippen MR) is 78.8 cm³/mol. The van der Waals surface area contributed by atoms with E-state index in [1.165, 1.54) is 4.90 Å². The van der Waals surface area contributed by atoms with Gasteiger partial charge in [0.25, 0.3) is 5.91 Å². The zero-order chi connectivity index (χ0) is 13.3. The number of hydrogen-bond donors (Lipinski definition) is 3. The van der Waals surface area contributed by atoms with Gasteiger partial charge in [0.05, 0.1) is 0 Å². The molecule has 0 fully saturated rings. The van der Waals surface area contributed by atoms with Crippen LogP contribution in [0.4, 0.5) is 0 Å². The molecular formula is C13H17ClN4O. The lowest BCUT2D eigenvalue weighted by atomic mass is 10.1. The lowest BCUT2D eigenvalue weighted by Gasteiger charge is -2.24. The Bertz CT molecular complexity index is 605. The molecule has 5 nitrogen and oxygen atoms in total. The summed E-state index contributed by atoms with van der Waals surface area (Å²) >= 11 is 0. The number of benzene rings is 1. The van der Waals surface area contributed by atoms with Crippen molar-refractivity contribution in [2.45, 2.75) is 19.9 Å². The Hall–Kier alpha value is -2.01. The molecule has 2 rings (SSSR count). The van der Waals surface area contributed by atoms with Gasteiger partial charge in [0.1, 0.15) is 0 Å². The van der Waals surface area contributed by atoms with Crippen molar-refractivity contribution in [3.05, 3.63) is 36.0 Å². The van der Waals surface area contributed by atoms with Crippen molar-refractivity contribution in [1.29, 1.82) is 5.41 Å². The van der Waals surface area contributed by atoms with Crippen LogP contribution in [-0.4, -0.2) is 27.8 Å². The van der Waals surface area contributed by atoms with Crippen LogP contribution >= 0.6 is 12.4 Å². The number of aromatic amines is 1. The second-order valence-electron chi connectivity index (χ2n) is 4.40. The van der Waals surface area contributed by atoms with E-state index in [9.17, 15) is 4.79 Å². The lowest BCUT2D eigenvalue weighted by Crippen LogP contribution is -2.45. The SMILES string of the molecule is CC(C)N(C(=N)N)C(=O)c1cccc2[nH]ccc12.Cl. The highest BCUT2D eigenvalue weighted by molar-refractivity contribution is 6.11. The number of fused-ring (bicyclic) bond motifs is 1. The van der Waals surface area contributed by atoms with Crippen molar-refractivity contribution in [2.24, 2.45) is 5.73 Å². The fourth-order valence-corrected chi connectivity index (χ4v) is 2.02. The smallest absolute Gasteiger partial charge is 0.261 e. The van der Waals surface area contributed by atoms with Gasteiger partial charge in [0.15, 0.2) is 5.96 Å². The van der Waals surface area contributed by atoms with Gasteiger partial charge < -0.3 is 10.7 Å². The number of carbonyl (C=O) groups is 1.